The number of aromatic nitrogens is 4. The van der Waals surface area contributed by atoms with Crippen molar-refractivity contribution < 1.29 is 4.42 Å². The van der Waals surface area contributed by atoms with Crippen LogP contribution >= 0.6 is 0 Å². The van der Waals surface area contributed by atoms with E-state index in [0.717, 1.165) is 72.5 Å². The molecule has 0 bridgehead atoms. The molecule has 10 aromatic rings. The molecule has 53 heavy (non-hydrogen) atoms. The van der Waals surface area contributed by atoms with Gasteiger partial charge in [0.2, 0.25) is 5.89 Å². The Balaban J connectivity index is 1.03. The van der Waals surface area contributed by atoms with Crippen molar-refractivity contribution in [3.63, 3.8) is 0 Å². The highest BCUT2D eigenvalue weighted by Crippen LogP contribution is 2.40. The second kappa shape index (κ2) is 12.8. The quantitative estimate of drug-likeness (QED) is 0.175. The molecule has 0 N–H and O–H groups in total. The van der Waals surface area contributed by atoms with Gasteiger partial charge in [-0.3, -0.25) is 4.98 Å². The molecule has 10 rings (SSSR count). The summed E-state index contributed by atoms with van der Waals surface area (Å²) in [5.74, 6) is 1.31. The first-order valence-electron chi connectivity index (χ1n) is 17.6. The van der Waals surface area contributed by atoms with Gasteiger partial charge in [-0.2, -0.15) is 0 Å². The van der Waals surface area contributed by atoms with Crippen molar-refractivity contribution in [2.75, 3.05) is 0 Å². The van der Waals surface area contributed by atoms with Crippen molar-refractivity contribution in [2.45, 2.75) is 0 Å². The van der Waals surface area contributed by atoms with Crippen LogP contribution in [0.15, 0.2) is 187 Å². The van der Waals surface area contributed by atoms with Crippen LogP contribution in [0, 0.1) is 0 Å². The Morgan fingerprint density at radius 3 is 1.91 bits per heavy atom. The maximum Gasteiger partial charge on any atom is 0.227 e. The summed E-state index contributed by atoms with van der Waals surface area (Å²) in [6.45, 7) is 0. The molecule has 3 heterocycles. The third-order valence-corrected chi connectivity index (χ3v) is 9.86. The van der Waals surface area contributed by atoms with Crippen molar-refractivity contribution in [3.05, 3.63) is 182 Å². The number of hydrogen-bond acceptors (Lipinski definition) is 5. The summed E-state index contributed by atoms with van der Waals surface area (Å²) < 4.78 is 6.05. The molecule has 0 spiro atoms. The molecule has 0 aliphatic carbocycles. The average molecular weight is 679 g/mol. The highest BCUT2D eigenvalue weighted by Gasteiger charge is 2.16. The molecule has 0 unspecified atom stereocenters. The Hall–Kier alpha value is -7.24. The fourth-order valence-electron chi connectivity index (χ4n) is 7.20. The molecular formula is C48H30N4O. The van der Waals surface area contributed by atoms with Crippen LogP contribution in [0.1, 0.15) is 0 Å². The van der Waals surface area contributed by atoms with Gasteiger partial charge < -0.3 is 4.42 Å². The molecule has 0 saturated carbocycles. The van der Waals surface area contributed by atoms with E-state index < -0.39 is 0 Å². The lowest BCUT2D eigenvalue weighted by molar-refractivity contribution is 0.619. The molecule has 0 atom stereocenters. The predicted molar refractivity (Wildman–Crippen MR) is 215 cm³/mol. The molecule has 7 aromatic carbocycles. The summed E-state index contributed by atoms with van der Waals surface area (Å²) in [6, 6.07) is 59.1. The Kier molecular flexibility index (Phi) is 7.40. The van der Waals surface area contributed by atoms with Gasteiger partial charge in [0.15, 0.2) is 11.4 Å². The first-order valence-corrected chi connectivity index (χ1v) is 17.6. The van der Waals surface area contributed by atoms with Crippen molar-refractivity contribution in [1.82, 2.24) is 19.9 Å². The van der Waals surface area contributed by atoms with E-state index in [1.165, 1.54) is 21.9 Å². The Morgan fingerprint density at radius 1 is 0.396 bits per heavy atom. The molecule has 5 nitrogen and oxygen atoms in total. The zero-order chi connectivity index (χ0) is 35.1. The fraction of sp³-hybridized carbons (Fsp3) is 0. The van der Waals surface area contributed by atoms with Crippen LogP contribution in [-0.2, 0) is 0 Å². The van der Waals surface area contributed by atoms with E-state index >= 15 is 0 Å². The van der Waals surface area contributed by atoms with Crippen LogP contribution in [-0.4, -0.2) is 19.9 Å². The third-order valence-electron chi connectivity index (χ3n) is 9.86. The molecular weight excluding hydrogens is 649 g/mol. The molecule has 0 fully saturated rings. The largest absolute Gasteiger partial charge is 0.436 e. The summed E-state index contributed by atoms with van der Waals surface area (Å²) >= 11 is 0. The number of nitrogens with zero attached hydrogens (tertiary/aromatic N) is 4. The van der Waals surface area contributed by atoms with Crippen LogP contribution < -0.4 is 0 Å². The van der Waals surface area contributed by atoms with Gasteiger partial charge in [-0.1, -0.05) is 140 Å². The van der Waals surface area contributed by atoms with Crippen LogP contribution in [0.5, 0.6) is 0 Å². The van der Waals surface area contributed by atoms with Gasteiger partial charge in [0.25, 0.3) is 0 Å². The van der Waals surface area contributed by atoms with Gasteiger partial charge >= 0.3 is 0 Å². The van der Waals surface area contributed by atoms with Crippen molar-refractivity contribution >= 4 is 32.8 Å². The minimum Gasteiger partial charge on any atom is -0.436 e. The molecule has 0 amide bonds. The highest BCUT2D eigenvalue weighted by atomic mass is 16.3. The number of rotatable bonds is 6. The van der Waals surface area contributed by atoms with E-state index in [4.69, 9.17) is 19.4 Å². The van der Waals surface area contributed by atoms with E-state index in [2.05, 4.69) is 126 Å². The SMILES string of the molecule is c1ccc(-c2nc(-c3ccc(-c4ccc5ccccc5c4-c4ccc(-c5ccc6oc(-c7ccncc7)nc6c5)cc4)cc3)c3ccccc3n2)cc1. The molecule has 0 saturated heterocycles. The van der Waals surface area contributed by atoms with Gasteiger partial charge in [-0.15, -0.1) is 0 Å². The summed E-state index contributed by atoms with van der Waals surface area (Å²) in [6.07, 6.45) is 3.49. The average Bonchev–Trinajstić information content (AvgIpc) is 3.68. The monoisotopic (exact) mass is 678 g/mol. The summed E-state index contributed by atoms with van der Waals surface area (Å²) in [4.78, 5) is 18.9. The van der Waals surface area contributed by atoms with Gasteiger partial charge in [0.05, 0.1) is 11.2 Å². The van der Waals surface area contributed by atoms with Crippen LogP contribution in [0.25, 0.3) is 100 Å². The van der Waals surface area contributed by atoms with Crippen molar-refractivity contribution in [3.8, 4) is 67.5 Å². The zero-order valence-electron chi connectivity index (χ0n) is 28.5. The van der Waals surface area contributed by atoms with E-state index in [0.29, 0.717) is 5.89 Å². The van der Waals surface area contributed by atoms with E-state index in [1.807, 2.05) is 48.5 Å². The standard InChI is InChI=1S/C48H30N4O/c1-2-9-36(10-3-1)47-50-42-13-7-6-12-41(42)46(52-47)35-20-16-33(17-21-35)40-24-22-32-8-4-5-11-39(32)45(40)34-18-14-31(15-19-34)38-23-25-44-43(30-38)51-48(53-44)37-26-28-49-29-27-37/h1-30H. The van der Waals surface area contributed by atoms with Gasteiger partial charge in [-0.05, 0) is 74.5 Å². The Bertz CT molecular complexity index is 2920. The number of hydrogen-bond donors (Lipinski definition) is 0. The Labute approximate surface area is 305 Å². The lowest BCUT2D eigenvalue weighted by Crippen LogP contribution is -1.95. The molecule has 3 aromatic heterocycles. The lowest BCUT2D eigenvalue weighted by atomic mass is 9.88. The number of pyridine rings is 1. The van der Waals surface area contributed by atoms with E-state index in [1.54, 1.807) is 12.4 Å². The zero-order valence-corrected chi connectivity index (χ0v) is 28.5. The van der Waals surface area contributed by atoms with Crippen LogP contribution in [0.2, 0.25) is 0 Å². The maximum atomic E-state index is 6.05. The van der Waals surface area contributed by atoms with Crippen molar-refractivity contribution in [2.24, 2.45) is 0 Å². The van der Waals surface area contributed by atoms with Crippen LogP contribution in [0.4, 0.5) is 0 Å². The molecule has 0 aliphatic rings. The number of para-hydroxylation sites is 1. The molecule has 5 heteroatoms. The fourth-order valence-corrected chi connectivity index (χ4v) is 7.20. The minimum absolute atomic E-state index is 0.591. The summed E-state index contributed by atoms with van der Waals surface area (Å²) in [5.41, 5.74) is 13.3. The normalized spacial score (nSPS) is 11.4. The third kappa shape index (κ3) is 5.61. The van der Waals surface area contributed by atoms with Gasteiger partial charge in [-0.25, -0.2) is 15.0 Å². The van der Waals surface area contributed by atoms with Crippen molar-refractivity contribution in [1.29, 1.82) is 0 Å². The number of fused-ring (bicyclic) bond motifs is 3. The number of oxazole rings is 1. The molecule has 0 radical (unpaired) electrons. The molecule has 248 valence electrons. The van der Waals surface area contributed by atoms with E-state index in [-0.39, 0.29) is 0 Å². The first-order chi connectivity index (χ1) is 26.2. The number of benzene rings is 7. The highest BCUT2D eigenvalue weighted by molar-refractivity contribution is 6.04. The van der Waals surface area contributed by atoms with E-state index in [9.17, 15) is 0 Å². The second-order valence-corrected chi connectivity index (χ2v) is 13.1. The van der Waals surface area contributed by atoms with Crippen LogP contribution in [0.3, 0.4) is 0 Å². The topological polar surface area (TPSA) is 64.7 Å². The Morgan fingerprint density at radius 2 is 1.08 bits per heavy atom. The summed E-state index contributed by atoms with van der Waals surface area (Å²) in [5, 5.41) is 3.45. The van der Waals surface area contributed by atoms with Gasteiger partial charge in [0, 0.05) is 34.5 Å². The second-order valence-electron chi connectivity index (χ2n) is 13.1. The first kappa shape index (κ1) is 30.6. The minimum atomic E-state index is 0.591. The lowest BCUT2D eigenvalue weighted by Gasteiger charge is -2.15. The van der Waals surface area contributed by atoms with Gasteiger partial charge in [0.1, 0.15) is 5.52 Å². The smallest absolute Gasteiger partial charge is 0.227 e. The molecule has 0 aliphatic heterocycles. The predicted octanol–water partition coefficient (Wildman–Crippen LogP) is 12.3. The summed E-state index contributed by atoms with van der Waals surface area (Å²) in [7, 11) is 0. The maximum absolute atomic E-state index is 6.05.